The second kappa shape index (κ2) is 11.3. The molecule has 0 N–H and O–H groups in total. The van der Waals surface area contributed by atoms with Crippen LogP contribution in [0.15, 0.2) is 115 Å². The predicted molar refractivity (Wildman–Crippen MR) is 192 cm³/mol. The highest BCUT2D eigenvalue weighted by Crippen LogP contribution is 2.47. The summed E-state index contributed by atoms with van der Waals surface area (Å²) >= 11 is 0. The first-order valence-corrected chi connectivity index (χ1v) is 17.5. The van der Waals surface area contributed by atoms with Crippen LogP contribution in [0.3, 0.4) is 0 Å². The quantitative estimate of drug-likeness (QED) is 0.190. The van der Waals surface area contributed by atoms with E-state index in [1.165, 1.54) is 126 Å². The smallest absolute Gasteiger partial charge is 0.252 e. The van der Waals surface area contributed by atoms with E-state index in [0.717, 1.165) is 0 Å². The summed E-state index contributed by atoms with van der Waals surface area (Å²) in [6.07, 6.45) is 13.3. The number of hydrogen-bond acceptors (Lipinski definition) is 2. The Bertz CT molecular complexity index is 1820. The summed E-state index contributed by atoms with van der Waals surface area (Å²) in [5.74, 6) is 1.28. The maximum Gasteiger partial charge on any atom is 0.252 e. The fourth-order valence-corrected chi connectivity index (χ4v) is 9.06. The van der Waals surface area contributed by atoms with Crippen LogP contribution in [-0.2, 0) is 0 Å². The van der Waals surface area contributed by atoms with Crippen LogP contribution >= 0.6 is 0 Å². The summed E-state index contributed by atoms with van der Waals surface area (Å²) in [7, 11) is 0. The van der Waals surface area contributed by atoms with Crippen molar-refractivity contribution in [2.24, 2.45) is 0 Å². The van der Waals surface area contributed by atoms with Gasteiger partial charge in [-0.25, -0.2) is 0 Å². The first kappa shape index (κ1) is 27.1. The third-order valence-corrected chi connectivity index (χ3v) is 11.2. The molecule has 0 spiro atoms. The molecule has 4 aliphatic rings. The molecule has 0 radical (unpaired) electrons. The van der Waals surface area contributed by atoms with E-state index in [2.05, 4.69) is 125 Å². The third kappa shape index (κ3) is 4.54. The second-order valence-corrected chi connectivity index (χ2v) is 13.8. The van der Waals surface area contributed by atoms with Gasteiger partial charge in [-0.05, 0) is 114 Å². The molecule has 2 heterocycles. The fraction of sp³-hybridized carbons (Fsp3) is 0.286. The summed E-state index contributed by atoms with van der Waals surface area (Å²) in [5.41, 5.74) is 15.2. The molecule has 2 saturated carbocycles. The van der Waals surface area contributed by atoms with Gasteiger partial charge < -0.3 is 9.80 Å². The normalized spacial score (nSPS) is 17.9. The molecule has 0 bridgehead atoms. The van der Waals surface area contributed by atoms with Crippen molar-refractivity contribution in [2.75, 3.05) is 9.80 Å². The van der Waals surface area contributed by atoms with E-state index < -0.39 is 0 Å². The van der Waals surface area contributed by atoms with Crippen molar-refractivity contribution in [1.82, 2.24) is 0 Å². The standard InChI is InChI=1S/C42H41BN2/c1-5-15-30(16-6-1)32-25-26-39-37(27-32)43-36-23-13-14-24-38(36)44(34-19-9-3-10-20-34)40-28-33(31-17-7-2-8-18-31)29-41(42(40)43)45(39)35-21-11-4-12-22-35/h3-4,9-14,19-31H,1-2,5-8,15-18H2. The fourth-order valence-electron chi connectivity index (χ4n) is 9.06. The van der Waals surface area contributed by atoms with Gasteiger partial charge in [-0.3, -0.25) is 0 Å². The Labute approximate surface area is 268 Å². The minimum Gasteiger partial charge on any atom is -0.311 e. The molecule has 0 atom stereocenters. The van der Waals surface area contributed by atoms with E-state index in [1.54, 1.807) is 0 Å². The minimum atomic E-state index is 0.199. The average molecular weight is 585 g/mol. The molecule has 222 valence electrons. The summed E-state index contributed by atoms with van der Waals surface area (Å²) in [6, 6.07) is 44.1. The van der Waals surface area contributed by atoms with Gasteiger partial charge in [0.1, 0.15) is 0 Å². The van der Waals surface area contributed by atoms with Gasteiger partial charge in [-0.15, -0.1) is 0 Å². The van der Waals surface area contributed by atoms with Gasteiger partial charge in [0.05, 0.1) is 0 Å². The van der Waals surface area contributed by atoms with Crippen molar-refractivity contribution in [3.05, 3.63) is 126 Å². The molecule has 0 amide bonds. The zero-order chi connectivity index (χ0) is 29.7. The van der Waals surface area contributed by atoms with E-state index in [4.69, 9.17) is 0 Å². The van der Waals surface area contributed by atoms with Gasteiger partial charge in [0.15, 0.2) is 0 Å². The molecular weight excluding hydrogens is 543 g/mol. The molecule has 2 nitrogen and oxygen atoms in total. The molecule has 0 unspecified atom stereocenters. The number of para-hydroxylation sites is 3. The van der Waals surface area contributed by atoms with Gasteiger partial charge in [-0.1, -0.05) is 105 Å². The third-order valence-electron chi connectivity index (χ3n) is 11.2. The van der Waals surface area contributed by atoms with Crippen molar-refractivity contribution >= 4 is 57.2 Å². The van der Waals surface area contributed by atoms with Gasteiger partial charge in [0, 0.05) is 34.1 Å². The molecular formula is C42H41BN2. The van der Waals surface area contributed by atoms with Crippen LogP contribution in [0, 0.1) is 0 Å². The molecule has 2 fully saturated rings. The largest absolute Gasteiger partial charge is 0.311 e. The molecule has 0 aromatic heterocycles. The van der Waals surface area contributed by atoms with E-state index in [9.17, 15) is 0 Å². The van der Waals surface area contributed by atoms with Crippen molar-refractivity contribution in [1.29, 1.82) is 0 Å². The topological polar surface area (TPSA) is 6.48 Å². The maximum atomic E-state index is 2.61. The lowest BCUT2D eigenvalue weighted by molar-refractivity contribution is 0.443. The highest BCUT2D eigenvalue weighted by molar-refractivity contribution is 7.00. The van der Waals surface area contributed by atoms with Crippen molar-refractivity contribution in [3.8, 4) is 0 Å². The Kier molecular flexibility index (Phi) is 6.80. The van der Waals surface area contributed by atoms with Crippen molar-refractivity contribution in [2.45, 2.75) is 76.0 Å². The van der Waals surface area contributed by atoms with Crippen LogP contribution in [0.25, 0.3) is 0 Å². The van der Waals surface area contributed by atoms with Crippen LogP contribution in [0.2, 0.25) is 0 Å². The van der Waals surface area contributed by atoms with Gasteiger partial charge in [0.25, 0.3) is 6.71 Å². The molecule has 45 heavy (non-hydrogen) atoms. The Morgan fingerprint density at radius 1 is 0.422 bits per heavy atom. The van der Waals surface area contributed by atoms with Crippen LogP contribution in [0.5, 0.6) is 0 Å². The number of fused-ring (bicyclic) bond motifs is 4. The molecule has 2 aliphatic carbocycles. The van der Waals surface area contributed by atoms with Gasteiger partial charge >= 0.3 is 0 Å². The van der Waals surface area contributed by atoms with Crippen molar-refractivity contribution in [3.63, 3.8) is 0 Å². The number of anilines is 6. The van der Waals surface area contributed by atoms with Crippen LogP contribution in [-0.4, -0.2) is 6.71 Å². The van der Waals surface area contributed by atoms with E-state index in [1.807, 2.05) is 0 Å². The summed E-state index contributed by atoms with van der Waals surface area (Å²) < 4.78 is 0. The van der Waals surface area contributed by atoms with Crippen molar-refractivity contribution < 1.29 is 0 Å². The molecule has 9 rings (SSSR count). The highest BCUT2D eigenvalue weighted by atomic mass is 15.2. The SMILES string of the molecule is c1ccc(N2c3ccccc3B3c4cc(C5CCCCC5)ccc4N(c4ccccc4)c4cc(C5CCCCC5)cc2c43)cc1. The Morgan fingerprint density at radius 3 is 1.53 bits per heavy atom. The Morgan fingerprint density at radius 2 is 0.933 bits per heavy atom. The summed E-state index contributed by atoms with van der Waals surface area (Å²) in [5, 5.41) is 0. The Balaban J connectivity index is 1.35. The lowest BCUT2D eigenvalue weighted by atomic mass is 9.33. The van der Waals surface area contributed by atoms with E-state index in [0.29, 0.717) is 11.8 Å². The molecule has 5 aromatic rings. The first-order chi connectivity index (χ1) is 22.3. The minimum absolute atomic E-state index is 0.199. The molecule has 5 aromatic carbocycles. The van der Waals surface area contributed by atoms with Crippen LogP contribution < -0.4 is 26.2 Å². The number of benzene rings is 5. The second-order valence-electron chi connectivity index (χ2n) is 13.8. The monoisotopic (exact) mass is 584 g/mol. The Hall–Kier alpha value is -4.24. The first-order valence-electron chi connectivity index (χ1n) is 17.5. The van der Waals surface area contributed by atoms with Crippen LogP contribution in [0.1, 0.15) is 87.2 Å². The van der Waals surface area contributed by atoms with Gasteiger partial charge in [0.2, 0.25) is 0 Å². The zero-order valence-electron chi connectivity index (χ0n) is 26.2. The van der Waals surface area contributed by atoms with Crippen LogP contribution in [0.4, 0.5) is 34.1 Å². The number of nitrogens with zero attached hydrogens (tertiary/aromatic N) is 2. The summed E-state index contributed by atoms with van der Waals surface area (Å²) in [6.45, 7) is 0.199. The average Bonchev–Trinajstić information content (AvgIpc) is 3.12. The number of rotatable bonds is 4. The lowest BCUT2D eigenvalue weighted by Crippen LogP contribution is -2.61. The number of hydrogen-bond donors (Lipinski definition) is 0. The van der Waals surface area contributed by atoms with E-state index in [-0.39, 0.29) is 6.71 Å². The van der Waals surface area contributed by atoms with E-state index >= 15 is 0 Å². The highest BCUT2D eigenvalue weighted by Gasteiger charge is 2.44. The zero-order valence-corrected chi connectivity index (χ0v) is 26.2. The molecule has 2 aliphatic heterocycles. The predicted octanol–water partition coefficient (Wildman–Crippen LogP) is 9.86. The lowest BCUT2D eigenvalue weighted by Gasteiger charge is -2.45. The molecule has 3 heteroatoms. The molecule has 0 saturated heterocycles. The van der Waals surface area contributed by atoms with Gasteiger partial charge in [-0.2, -0.15) is 0 Å². The summed E-state index contributed by atoms with van der Waals surface area (Å²) in [4.78, 5) is 5.16. The maximum absolute atomic E-state index is 2.61.